The number of Topliss-reactive ketones (excluding diaryl/α,β-unsaturated/α-hetero) is 1. The molecule has 1 saturated carbocycles. The summed E-state index contributed by atoms with van der Waals surface area (Å²) >= 11 is 0. The monoisotopic (exact) mass is 406 g/mol. The van der Waals surface area contributed by atoms with Crippen molar-refractivity contribution in [1.82, 2.24) is 29.0 Å². The van der Waals surface area contributed by atoms with Gasteiger partial charge in [0.2, 0.25) is 5.78 Å². The molecular weight excluding hydrogens is 380 g/mol. The summed E-state index contributed by atoms with van der Waals surface area (Å²) in [4.78, 5) is 41.0. The molecule has 1 unspecified atom stereocenters. The van der Waals surface area contributed by atoms with Crippen LogP contribution in [0, 0.1) is 5.92 Å². The molecule has 0 radical (unpaired) electrons. The smallest absolute Gasteiger partial charge is 0.255 e. The molecule has 8 nitrogen and oxygen atoms in total. The van der Waals surface area contributed by atoms with Crippen molar-refractivity contribution in [3.05, 3.63) is 42.4 Å². The van der Waals surface area contributed by atoms with Gasteiger partial charge in [0, 0.05) is 50.7 Å². The fourth-order valence-electron chi connectivity index (χ4n) is 4.83. The van der Waals surface area contributed by atoms with E-state index in [4.69, 9.17) is 0 Å². The van der Waals surface area contributed by atoms with Crippen LogP contribution in [0.1, 0.15) is 65.5 Å². The number of nitrogens with zero attached hydrogens (tertiary/aromatic N) is 6. The van der Waals surface area contributed by atoms with Gasteiger partial charge in [0.05, 0.1) is 11.9 Å². The molecule has 4 heterocycles. The standard InChI is InChI=1S/C22H26N6O2/c1-26-10-8-23-21(26)19(29)15-5-4-9-27(13-15)22(30)16-11-18-20(24-12-16)28(14-25-18)17-6-2-3-7-17/h8,10-12,14-15,17H,2-7,9,13H2,1H3. The van der Waals surface area contributed by atoms with E-state index in [1.54, 1.807) is 28.1 Å². The molecule has 156 valence electrons. The maximum atomic E-state index is 13.1. The lowest BCUT2D eigenvalue weighted by Crippen LogP contribution is -2.42. The molecule has 2 fully saturated rings. The molecule has 2 aliphatic rings. The van der Waals surface area contributed by atoms with Gasteiger partial charge in [-0.1, -0.05) is 12.8 Å². The highest BCUT2D eigenvalue weighted by Crippen LogP contribution is 2.31. The number of amides is 1. The highest BCUT2D eigenvalue weighted by atomic mass is 16.2. The Labute approximate surface area is 174 Å². The molecule has 5 rings (SSSR count). The average molecular weight is 406 g/mol. The number of aromatic nitrogens is 5. The minimum absolute atomic E-state index is 0.00360. The van der Waals surface area contributed by atoms with Gasteiger partial charge in [-0.05, 0) is 31.7 Å². The van der Waals surface area contributed by atoms with Crippen molar-refractivity contribution in [2.45, 2.75) is 44.6 Å². The number of pyridine rings is 1. The molecule has 0 N–H and O–H groups in total. The van der Waals surface area contributed by atoms with E-state index in [-0.39, 0.29) is 17.6 Å². The number of fused-ring (bicyclic) bond motifs is 1. The van der Waals surface area contributed by atoms with Gasteiger partial charge in [0.25, 0.3) is 5.91 Å². The molecule has 1 atom stereocenters. The lowest BCUT2D eigenvalue weighted by Gasteiger charge is -2.31. The lowest BCUT2D eigenvalue weighted by molar-refractivity contribution is 0.0632. The van der Waals surface area contributed by atoms with Crippen LogP contribution in [0.15, 0.2) is 31.0 Å². The molecule has 0 spiro atoms. The Bertz CT molecular complexity index is 1090. The Balaban J connectivity index is 1.34. The van der Waals surface area contributed by atoms with Gasteiger partial charge in [-0.3, -0.25) is 9.59 Å². The maximum Gasteiger partial charge on any atom is 0.255 e. The van der Waals surface area contributed by atoms with Crippen LogP contribution in [-0.2, 0) is 7.05 Å². The Morgan fingerprint density at radius 1 is 1.07 bits per heavy atom. The van der Waals surface area contributed by atoms with Crippen LogP contribution in [0.5, 0.6) is 0 Å². The second-order valence-electron chi connectivity index (χ2n) is 8.47. The highest BCUT2D eigenvalue weighted by molar-refractivity contribution is 5.98. The predicted molar refractivity (Wildman–Crippen MR) is 111 cm³/mol. The van der Waals surface area contributed by atoms with E-state index in [0.717, 1.165) is 36.8 Å². The largest absolute Gasteiger partial charge is 0.338 e. The molecule has 3 aromatic heterocycles. The fraction of sp³-hybridized carbons (Fsp3) is 0.500. The molecular formula is C22H26N6O2. The second kappa shape index (κ2) is 7.66. The number of imidazole rings is 2. The summed E-state index contributed by atoms with van der Waals surface area (Å²) in [7, 11) is 1.82. The Morgan fingerprint density at radius 2 is 1.90 bits per heavy atom. The van der Waals surface area contributed by atoms with Crippen molar-refractivity contribution >= 4 is 22.9 Å². The molecule has 0 aromatic carbocycles. The third kappa shape index (κ3) is 3.30. The summed E-state index contributed by atoms with van der Waals surface area (Å²) in [6, 6.07) is 2.30. The Kier molecular flexibility index (Phi) is 4.84. The molecule has 1 aliphatic heterocycles. The summed E-state index contributed by atoms with van der Waals surface area (Å²) < 4.78 is 3.89. The van der Waals surface area contributed by atoms with Crippen molar-refractivity contribution < 1.29 is 9.59 Å². The first kappa shape index (κ1) is 19.0. The summed E-state index contributed by atoms with van der Waals surface area (Å²) in [6.45, 7) is 1.07. The maximum absolute atomic E-state index is 13.1. The van der Waals surface area contributed by atoms with Crippen molar-refractivity contribution in [3.63, 3.8) is 0 Å². The van der Waals surface area contributed by atoms with Gasteiger partial charge >= 0.3 is 0 Å². The minimum Gasteiger partial charge on any atom is -0.338 e. The predicted octanol–water partition coefficient (Wildman–Crippen LogP) is 3.02. The number of hydrogen-bond acceptors (Lipinski definition) is 5. The van der Waals surface area contributed by atoms with Gasteiger partial charge < -0.3 is 14.0 Å². The number of aryl methyl sites for hydroxylation is 1. The first-order valence-electron chi connectivity index (χ1n) is 10.7. The summed E-state index contributed by atoms with van der Waals surface area (Å²) in [6.07, 6.45) is 13.3. The fourth-order valence-corrected chi connectivity index (χ4v) is 4.83. The third-order valence-electron chi connectivity index (χ3n) is 6.50. The van der Waals surface area contributed by atoms with Gasteiger partial charge in [-0.15, -0.1) is 0 Å². The van der Waals surface area contributed by atoms with Crippen LogP contribution in [-0.4, -0.2) is 53.8 Å². The zero-order valence-electron chi connectivity index (χ0n) is 17.2. The van der Waals surface area contributed by atoms with Crippen molar-refractivity contribution in [1.29, 1.82) is 0 Å². The quantitative estimate of drug-likeness (QED) is 0.622. The molecule has 30 heavy (non-hydrogen) atoms. The van der Waals surface area contributed by atoms with E-state index in [1.165, 1.54) is 12.8 Å². The SMILES string of the molecule is Cn1ccnc1C(=O)C1CCCN(C(=O)c2cnc3c(c2)ncn3C2CCCC2)C1. The van der Waals surface area contributed by atoms with E-state index >= 15 is 0 Å². The Morgan fingerprint density at radius 3 is 2.67 bits per heavy atom. The van der Waals surface area contributed by atoms with E-state index in [9.17, 15) is 9.59 Å². The number of carbonyl (C=O) groups is 2. The summed E-state index contributed by atoms with van der Waals surface area (Å²) in [5.41, 5.74) is 2.13. The van der Waals surface area contributed by atoms with Gasteiger partial charge in [0.15, 0.2) is 11.5 Å². The molecule has 1 amide bonds. The normalized spacial score (nSPS) is 20.2. The number of hydrogen-bond donors (Lipinski definition) is 0. The molecule has 8 heteroatoms. The zero-order chi connectivity index (χ0) is 20.7. The zero-order valence-corrected chi connectivity index (χ0v) is 17.2. The van der Waals surface area contributed by atoms with E-state index in [1.807, 2.05) is 19.4 Å². The van der Waals surface area contributed by atoms with E-state index < -0.39 is 0 Å². The second-order valence-corrected chi connectivity index (χ2v) is 8.47. The van der Waals surface area contributed by atoms with Crippen molar-refractivity contribution in [2.24, 2.45) is 13.0 Å². The number of carbonyl (C=O) groups excluding carboxylic acids is 2. The summed E-state index contributed by atoms with van der Waals surface area (Å²) in [5.74, 6) is 0.151. The topological polar surface area (TPSA) is 85.9 Å². The van der Waals surface area contributed by atoms with E-state index in [0.29, 0.717) is 30.5 Å². The molecule has 1 saturated heterocycles. The number of rotatable bonds is 4. The third-order valence-corrected chi connectivity index (χ3v) is 6.50. The van der Waals surface area contributed by atoms with Crippen LogP contribution in [0.4, 0.5) is 0 Å². The van der Waals surface area contributed by atoms with Crippen LogP contribution < -0.4 is 0 Å². The first-order valence-corrected chi connectivity index (χ1v) is 10.7. The van der Waals surface area contributed by atoms with Gasteiger partial charge in [0.1, 0.15) is 5.52 Å². The van der Waals surface area contributed by atoms with Crippen LogP contribution in [0.2, 0.25) is 0 Å². The summed E-state index contributed by atoms with van der Waals surface area (Å²) in [5, 5.41) is 0. The molecule has 3 aromatic rings. The molecule has 0 bridgehead atoms. The van der Waals surface area contributed by atoms with Crippen molar-refractivity contribution in [2.75, 3.05) is 13.1 Å². The number of ketones is 1. The minimum atomic E-state index is -0.220. The van der Waals surface area contributed by atoms with Crippen LogP contribution >= 0.6 is 0 Å². The van der Waals surface area contributed by atoms with Crippen molar-refractivity contribution in [3.8, 4) is 0 Å². The Hall–Kier alpha value is -3.03. The average Bonchev–Trinajstić information content (AvgIpc) is 3.52. The van der Waals surface area contributed by atoms with Gasteiger partial charge in [-0.25, -0.2) is 15.0 Å². The molecule has 1 aliphatic carbocycles. The first-order chi connectivity index (χ1) is 14.6. The highest BCUT2D eigenvalue weighted by Gasteiger charge is 2.31. The van der Waals surface area contributed by atoms with Crippen LogP contribution in [0.25, 0.3) is 11.2 Å². The van der Waals surface area contributed by atoms with E-state index in [2.05, 4.69) is 19.5 Å². The number of piperidine rings is 1. The lowest BCUT2D eigenvalue weighted by atomic mass is 9.93. The van der Waals surface area contributed by atoms with Crippen LogP contribution in [0.3, 0.4) is 0 Å². The van der Waals surface area contributed by atoms with Gasteiger partial charge in [-0.2, -0.15) is 0 Å². The number of likely N-dealkylation sites (tertiary alicyclic amines) is 1.